The third-order valence-electron chi connectivity index (χ3n) is 8.69. The van der Waals surface area contributed by atoms with Gasteiger partial charge in [-0.2, -0.15) is 19.0 Å². The molecule has 270 valence electrons. The number of nitrogens with one attached hydrogen (secondary N) is 2. The number of anilines is 1. The maximum Gasteiger partial charge on any atom is 0.304 e. The van der Waals surface area contributed by atoms with Gasteiger partial charge in [-0.15, -0.1) is 0 Å². The molecule has 2 N–H and O–H groups in total. The fourth-order valence-electron chi connectivity index (χ4n) is 6.71. The number of carbonyl (C=O) groups is 1. The van der Waals surface area contributed by atoms with E-state index in [4.69, 9.17) is 23.2 Å². The molecule has 0 bridgehead atoms. The Balaban J connectivity index is 1.33. The van der Waals surface area contributed by atoms with Crippen LogP contribution in [0.15, 0.2) is 42.5 Å². The number of nitrogens with zero attached hydrogens (tertiary/aromatic N) is 5. The Labute approximate surface area is 301 Å². The summed E-state index contributed by atoms with van der Waals surface area (Å²) in [5.74, 6) is -4.48. The van der Waals surface area contributed by atoms with Crippen LogP contribution in [0.5, 0.6) is 0 Å². The highest BCUT2D eigenvalue weighted by molar-refractivity contribution is 7.92. The number of alkyl halides is 4. The van der Waals surface area contributed by atoms with Crippen LogP contribution in [0.25, 0.3) is 22.0 Å². The van der Waals surface area contributed by atoms with Crippen LogP contribution < -0.4 is 10.0 Å². The normalized spacial score (nSPS) is 17.7. The van der Waals surface area contributed by atoms with Crippen molar-refractivity contribution in [1.29, 1.82) is 0 Å². The van der Waals surface area contributed by atoms with Crippen LogP contribution in [0.4, 0.5) is 32.2 Å². The van der Waals surface area contributed by atoms with Crippen molar-refractivity contribution in [2.45, 2.75) is 37.3 Å². The molecule has 0 fully saturated rings. The lowest BCUT2D eigenvalue weighted by Gasteiger charge is -2.24. The fraction of sp³-hybridized carbons (Fsp3) is 0.273. The smallest absolute Gasteiger partial charge is 0.304 e. The third kappa shape index (κ3) is 6.22. The molecule has 3 heterocycles. The SMILES string of the molecule is Cn1nc(NS(C)(=O)=O)c2c(Cl)ccc(-c3ccc(Cl)nc3[C@H](Cc3cc(F)cc(F)c3)NC(=O)Cn3nc(C(F)F)c4c3C(F)(F)[C@@H]3C#C[C@H]43)c21. The second-order valence-corrected chi connectivity index (χ2v) is 14.8. The van der Waals surface area contributed by atoms with Crippen molar-refractivity contribution in [2.24, 2.45) is 13.0 Å². The summed E-state index contributed by atoms with van der Waals surface area (Å²) in [5.41, 5.74) is -1.12. The zero-order valence-corrected chi connectivity index (χ0v) is 29.0. The van der Waals surface area contributed by atoms with Crippen molar-refractivity contribution < 1.29 is 39.6 Å². The first-order valence-electron chi connectivity index (χ1n) is 15.2. The van der Waals surface area contributed by atoms with Gasteiger partial charge < -0.3 is 5.32 Å². The van der Waals surface area contributed by atoms with Crippen LogP contribution in [0, 0.1) is 29.4 Å². The Kier molecular flexibility index (Phi) is 8.70. The molecule has 19 heteroatoms. The maximum absolute atomic E-state index is 15.4. The largest absolute Gasteiger partial charge is 0.346 e. The monoisotopic (exact) mass is 781 g/mol. The number of aromatic nitrogens is 5. The van der Waals surface area contributed by atoms with E-state index in [2.05, 4.69) is 37.1 Å². The summed E-state index contributed by atoms with van der Waals surface area (Å²) in [7, 11) is -2.28. The lowest BCUT2D eigenvalue weighted by Crippen LogP contribution is -2.35. The number of rotatable bonds is 10. The maximum atomic E-state index is 15.4. The third-order valence-corrected chi connectivity index (χ3v) is 9.78. The minimum atomic E-state index is -3.80. The molecular formula is C33H23Cl2F6N7O3S. The molecule has 3 atom stereocenters. The van der Waals surface area contributed by atoms with Gasteiger partial charge in [-0.25, -0.2) is 31.0 Å². The number of benzene rings is 2. The molecule has 0 aliphatic heterocycles. The van der Waals surface area contributed by atoms with Crippen molar-refractivity contribution >= 4 is 55.9 Å². The Hall–Kier alpha value is -4.79. The average Bonchev–Trinajstić information content (AvgIpc) is 3.57. The molecule has 0 saturated carbocycles. The zero-order chi connectivity index (χ0) is 37.4. The highest BCUT2D eigenvalue weighted by Gasteiger charge is 2.60. The lowest BCUT2D eigenvalue weighted by atomic mass is 9.84. The number of sulfonamides is 1. The number of hydrogen-bond acceptors (Lipinski definition) is 6. The van der Waals surface area contributed by atoms with E-state index in [-0.39, 0.29) is 44.6 Å². The molecule has 5 aromatic rings. The molecule has 2 aliphatic rings. The molecule has 0 spiro atoms. The number of halogens is 8. The summed E-state index contributed by atoms with van der Waals surface area (Å²) < 4.78 is 116. The van der Waals surface area contributed by atoms with E-state index in [1.54, 1.807) is 6.07 Å². The van der Waals surface area contributed by atoms with Crippen molar-refractivity contribution in [1.82, 2.24) is 29.9 Å². The molecule has 0 saturated heterocycles. The number of fused-ring (bicyclic) bond motifs is 4. The number of amides is 1. The van der Waals surface area contributed by atoms with Crippen LogP contribution in [-0.4, -0.2) is 45.1 Å². The second kappa shape index (κ2) is 12.7. The van der Waals surface area contributed by atoms with Gasteiger partial charge in [0.1, 0.15) is 40.6 Å². The van der Waals surface area contributed by atoms with Crippen LogP contribution in [0.2, 0.25) is 10.2 Å². The van der Waals surface area contributed by atoms with E-state index in [0.29, 0.717) is 21.8 Å². The highest BCUT2D eigenvalue weighted by atomic mass is 35.5. The molecule has 2 aromatic carbocycles. The Morgan fingerprint density at radius 2 is 1.71 bits per heavy atom. The van der Waals surface area contributed by atoms with Gasteiger partial charge in [0.05, 0.1) is 39.8 Å². The van der Waals surface area contributed by atoms with Crippen LogP contribution in [-0.2, 0) is 40.8 Å². The van der Waals surface area contributed by atoms with Crippen LogP contribution >= 0.6 is 23.2 Å². The minimum absolute atomic E-state index is 0.0312. The highest BCUT2D eigenvalue weighted by Crippen LogP contribution is 2.57. The molecule has 0 unspecified atom stereocenters. The van der Waals surface area contributed by atoms with E-state index >= 15 is 8.78 Å². The van der Waals surface area contributed by atoms with Crippen molar-refractivity contribution in [3.8, 4) is 23.0 Å². The molecule has 0 radical (unpaired) electrons. The fourth-order valence-corrected chi connectivity index (χ4v) is 7.60. The summed E-state index contributed by atoms with van der Waals surface area (Å²) >= 11 is 12.8. The Morgan fingerprint density at radius 1 is 1.02 bits per heavy atom. The van der Waals surface area contributed by atoms with Gasteiger partial charge >= 0.3 is 5.92 Å². The van der Waals surface area contributed by atoms with Crippen LogP contribution in [0.3, 0.4) is 0 Å². The second-order valence-electron chi connectivity index (χ2n) is 12.3. The van der Waals surface area contributed by atoms with Crippen molar-refractivity contribution in [3.63, 3.8) is 0 Å². The van der Waals surface area contributed by atoms with Crippen LogP contribution in [0.1, 0.15) is 46.6 Å². The van der Waals surface area contributed by atoms with E-state index in [1.807, 2.05) is 0 Å². The van der Waals surface area contributed by atoms with Gasteiger partial charge in [-0.3, -0.25) is 18.9 Å². The Bertz CT molecular complexity index is 2480. The molecule has 7 rings (SSSR count). The van der Waals surface area contributed by atoms with Gasteiger partial charge in [-0.05, 0) is 42.3 Å². The summed E-state index contributed by atoms with van der Waals surface area (Å²) in [6, 6.07) is 7.39. The number of hydrogen-bond donors (Lipinski definition) is 2. The van der Waals surface area contributed by atoms with E-state index in [0.717, 1.165) is 18.4 Å². The van der Waals surface area contributed by atoms with Gasteiger partial charge in [0.25, 0.3) is 6.43 Å². The standard InChI is InChI=1S/C33H23Cl2F6N7O3S/c1-47-29-18(4-7-21(34)26(29)32(45-47)46-52(2,50)51)17-5-8-23(35)43-27(17)22(11-14-9-15(36)12-16(37)10-14)42-24(49)13-48-30-25(28(44-48)31(38)39)19-3-6-20(19)33(30,40)41/h4-5,7-10,12,19-20,22,31H,11,13H2,1-2H3,(H,42,49)(H,45,46)/t19-,20+,22-/m0/s1. The van der Waals surface area contributed by atoms with E-state index in [1.165, 1.54) is 29.9 Å². The number of carbonyl (C=O) groups excluding carboxylic acids is 1. The van der Waals surface area contributed by atoms with Crippen molar-refractivity contribution in [3.05, 3.63) is 92.5 Å². The molecule has 2 aliphatic carbocycles. The summed E-state index contributed by atoms with van der Waals surface area (Å²) in [6.45, 7) is -0.943. The molecule has 52 heavy (non-hydrogen) atoms. The van der Waals surface area contributed by atoms with Crippen molar-refractivity contribution in [2.75, 3.05) is 11.0 Å². The predicted molar refractivity (Wildman–Crippen MR) is 178 cm³/mol. The topological polar surface area (TPSA) is 124 Å². The summed E-state index contributed by atoms with van der Waals surface area (Å²) in [6.07, 6.45) is -2.61. The minimum Gasteiger partial charge on any atom is -0.346 e. The predicted octanol–water partition coefficient (Wildman–Crippen LogP) is 6.65. The zero-order valence-electron chi connectivity index (χ0n) is 26.7. The molecule has 1 amide bonds. The van der Waals surface area contributed by atoms with E-state index < -0.39 is 81.3 Å². The first-order valence-corrected chi connectivity index (χ1v) is 17.9. The summed E-state index contributed by atoms with van der Waals surface area (Å²) in [5, 5.41) is 10.9. The quantitative estimate of drug-likeness (QED) is 0.0930. The Morgan fingerprint density at radius 3 is 2.35 bits per heavy atom. The molecular weight excluding hydrogens is 759 g/mol. The first kappa shape index (κ1) is 35.6. The number of pyridine rings is 1. The molecule has 3 aromatic heterocycles. The van der Waals surface area contributed by atoms with Gasteiger partial charge in [0.2, 0.25) is 15.9 Å². The van der Waals surface area contributed by atoms with E-state index in [9.17, 15) is 30.8 Å². The average molecular weight is 783 g/mol. The lowest BCUT2D eigenvalue weighted by molar-refractivity contribution is -0.123. The van der Waals surface area contributed by atoms with Gasteiger partial charge in [0.15, 0.2) is 5.82 Å². The first-order chi connectivity index (χ1) is 24.4. The number of aryl methyl sites for hydroxylation is 1. The molecule has 10 nitrogen and oxygen atoms in total. The van der Waals surface area contributed by atoms with Gasteiger partial charge in [-0.1, -0.05) is 41.1 Å². The summed E-state index contributed by atoms with van der Waals surface area (Å²) in [4.78, 5) is 18.2. The van der Waals surface area contributed by atoms with Gasteiger partial charge in [0, 0.05) is 29.8 Å².